The van der Waals surface area contributed by atoms with Crippen molar-refractivity contribution in [2.45, 2.75) is 77.0 Å². The van der Waals surface area contributed by atoms with Crippen LogP contribution in [0.2, 0.25) is 16.6 Å². The van der Waals surface area contributed by atoms with Crippen LogP contribution in [-0.2, 0) is 4.79 Å². The van der Waals surface area contributed by atoms with Gasteiger partial charge in [-0.3, -0.25) is 4.79 Å². The Morgan fingerprint density at radius 3 is 1.94 bits per heavy atom. The van der Waals surface area contributed by atoms with Gasteiger partial charge < -0.3 is 5.32 Å². The number of hydrogen-bond acceptors (Lipinski definition) is 1. The van der Waals surface area contributed by atoms with Crippen LogP contribution in [0.3, 0.4) is 0 Å². The lowest BCUT2D eigenvalue weighted by molar-refractivity contribution is -0.119. The van der Waals surface area contributed by atoms with E-state index >= 15 is 0 Å². The van der Waals surface area contributed by atoms with Crippen LogP contribution in [0.4, 0.5) is 0 Å². The zero-order valence-electron chi connectivity index (χ0n) is 12.6. The van der Waals surface area contributed by atoms with Gasteiger partial charge in [0.1, 0.15) is 8.07 Å². The van der Waals surface area contributed by atoms with Crippen LogP contribution < -0.4 is 5.32 Å². The molecule has 0 aliphatic carbocycles. The van der Waals surface area contributed by atoms with Crippen LogP contribution in [0.15, 0.2) is 0 Å². The highest BCUT2D eigenvalue weighted by atomic mass is 28.3. The minimum Gasteiger partial charge on any atom is -0.342 e. The summed E-state index contributed by atoms with van der Waals surface area (Å²) in [7, 11) is -1.63. The summed E-state index contributed by atoms with van der Waals surface area (Å²) in [5, 5.41) is 2.95. The van der Waals surface area contributed by atoms with E-state index in [1.807, 2.05) is 0 Å². The first-order valence-electron chi connectivity index (χ1n) is 7.12. The van der Waals surface area contributed by atoms with Crippen LogP contribution in [0.1, 0.15) is 54.4 Å². The average Bonchev–Trinajstić information content (AvgIpc) is 2.63. The molecule has 0 aromatic heterocycles. The molecule has 1 fully saturated rings. The molecule has 0 spiro atoms. The maximum absolute atomic E-state index is 11.2. The molecule has 1 rings (SSSR count). The quantitative estimate of drug-likeness (QED) is 0.614. The highest BCUT2D eigenvalue weighted by Crippen LogP contribution is 2.40. The van der Waals surface area contributed by atoms with E-state index in [0.717, 1.165) is 6.42 Å². The van der Waals surface area contributed by atoms with Gasteiger partial charge in [0.15, 0.2) is 0 Å². The summed E-state index contributed by atoms with van der Waals surface area (Å²) >= 11 is 0. The molecule has 2 nitrogen and oxygen atoms in total. The fourth-order valence-electron chi connectivity index (χ4n) is 3.37. The van der Waals surface area contributed by atoms with E-state index < -0.39 is 8.07 Å². The first kappa shape index (κ1) is 15.3. The summed E-state index contributed by atoms with van der Waals surface area (Å²) in [6.07, 6.45) is 1.52. The zero-order chi connectivity index (χ0) is 13.9. The van der Waals surface area contributed by atoms with Crippen molar-refractivity contribution in [2.24, 2.45) is 0 Å². The van der Waals surface area contributed by atoms with Crippen molar-refractivity contribution in [1.82, 2.24) is 5.32 Å². The predicted molar refractivity (Wildman–Crippen MR) is 80.0 cm³/mol. The Bertz CT molecular complexity index is 341. The Balaban J connectivity index is 2.98. The molecule has 0 radical (unpaired) electrons. The van der Waals surface area contributed by atoms with Crippen LogP contribution in [0, 0.1) is 11.5 Å². The monoisotopic (exact) mass is 265 g/mol. The van der Waals surface area contributed by atoms with Crippen molar-refractivity contribution in [3.05, 3.63) is 0 Å². The average molecular weight is 265 g/mol. The van der Waals surface area contributed by atoms with Gasteiger partial charge in [-0.2, -0.15) is 0 Å². The van der Waals surface area contributed by atoms with Crippen LogP contribution in [-0.4, -0.2) is 20.0 Å². The molecule has 1 atom stereocenters. The predicted octanol–water partition coefficient (Wildman–Crippen LogP) is 3.49. The summed E-state index contributed by atoms with van der Waals surface area (Å²) in [5.74, 6) is 3.53. The van der Waals surface area contributed by atoms with Crippen LogP contribution >= 0.6 is 0 Å². The third kappa shape index (κ3) is 2.98. The summed E-state index contributed by atoms with van der Waals surface area (Å²) in [4.78, 5) is 11.2. The van der Waals surface area contributed by atoms with Crippen molar-refractivity contribution in [2.75, 3.05) is 0 Å². The number of amides is 1. The van der Waals surface area contributed by atoms with Gasteiger partial charge in [0, 0.05) is 6.42 Å². The summed E-state index contributed by atoms with van der Waals surface area (Å²) in [6.45, 7) is 13.9. The molecule has 1 saturated heterocycles. The van der Waals surface area contributed by atoms with Crippen LogP contribution in [0.25, 0.3) is 0 Å². The van der Waals surface area contributed by atoms with Crippen molar-refractivity contribution < 1.29 is 4.79 Å². The minimum absolute atomic E-state index is 0.0978. The van der Waals surface area contributed by atoms with E-state index in [1.54, 1.807) is 0 Å². The number of rotatable bonds is 3. The van der Waals surface area contributed by atoms with E-state index in [0.29, 0.717) is 23.0 Å². The molecule has 0 aromatic rings. The second-order valence-corrected chi connectivity index (χ2v) is 11.9. The van der Waals surface area contributed by atoms with E-state index in [1.165, 1.54) is 0 Å². The molecular weight excluding hydrogens is 238 g/mol. The van der Waals surface area contributed by atoms with E-state index in [2.05, 4.69) is 58.3 Å². The summed E-state index contributed by atoms with van der Waals surface area (Å²) in [5.41, 5.74) is 5.63. The summed E-state index contributed by atoms with van der Waals surface area (Å²) < 4.78 is 0. The van der Waals surface area contributed by atoms with Crippen molar-refractivity contribution in [1.29, 1.82) is 0 Å². The third-order valence-electron chi connectivity index (χ3n) is 4.32. The molecule has 1 aliphatic heterocycles. The molecule has 1 unspecified atom stereocenters. The zero-order valence-corrected chi connectivity index (χ0v) is 13.6. The molecule has 102 valence electrons. The second kappa shape index (κ2) is 5.93. The maximum atomic E-state index is 11.2. The van der Waals surface area contributed by atoms with Gasteiger partial charge in [0.2, 0.25) is 5.91 Å². The Hall–Kier alpha value is -0.753. The maximum Gasteiger partial charge on any atom is 0.221 e. The van der Waals surface area contributed by atoms with Gasteiger partial charge in [-0.25, -0.2) is 0 Å². The number of carbonyl (C=O) groups excluding carboxylic acids is 1. The van der Waals surface area contributed by atoms with Crippen molar-refractivity contribution >= 4 is 14.0 Å². The fourth-order valence-corrected chi connectivity index (χ4v) is 8.66. The molecule has 18 heavy (non-hydrogen) atoms. The number of carbonyl (C=O) groups is 1. The first-order chi connectivity index (χ1) is 8.30. The lowest BCUT2D eigenvalue weighted by atomic mass is 10.2. The van der Waals surface area contributed by atoms with Crippen LogP contribution in [0.5, 0.6) is 0 Å². The van der Waals surface area contributed by atoms with E-state index in [9.17, 15) is 4.79 Å². The second-order valence-electron chi connectivity index (χ2n) is 6.33. The standard InChI is InChI=1S/C15H27NOSi/c1-11(2)18(12(3)4,13(5)6)10-9-14-7-8-15(17)16-14/h11-14H,7-8H2,1-6H3,(H,16,17). The molecule has 0 bridgehead atoms. The first-order valence-corrected chi connectivity index (χ1v) is 9.36. The Kier molecular flexibility index (Phi) is 5.04. The smallest absolute Gasteiger partial charge is 0.221 e. The van der Waals surface area contributed by atoms with Gasteiger partial charge in [-0.15, -0.1) is 5.54 Å². The molecule has 3 heteroatoms. The highest BCUT2D eigenvalue weighted by molar-refractivity contribution is 6.90. The largest absolute Gasteiger partial charge is 0.342 e. The van der Waals surface area contributed by atoms with E-state index in [4.69, 9.17) is 0 Å². The Morgan fingerprint density at radius 2 is 1.61 bits per heavy atom. The highest BCUT2D eigenvalue weighted by Gasteiger charge is 2.41. The van der Waals surface area contributed by atoms with Gasteiger partial charge >= 0.3 is 0 Å². The van der Waals surface area contributed by atoms with Gasteiger partial charge in [0.05, 0.1) is 6.04 Å². The number of nitrogens with one attached hydrogen (secondary N) is 1. The van der Waals surface area contributed by atoms with Gasteiger partial charge in [0.25, 0.3) is 0 Å². The van der Waals surface area contributed by atoms with Crippen molar-refractivity contribution in [3.63, 3.8) is 0 Å². The van der Waals surface area contributed by atoms with Gasteiger partial charge in [-0.1, -0.05) is 47.5 Å². The molecule has 0 saturated carbocycles. The molecular formula is C15H27NOSi. The Morgan fingerprint density at radius 1 is 1.11 bits per heavy atom. The van der Waals surface area contributed by atoms with Gasteiger partial charge in [-0.05, 0) is 23.0 Å². The fraction of sp³-hybridized carbons (Fsp3) is 0.800. The molecule has 1 N–H and O–H groups in total. The third-order valence-corrected chi connectivity index (χ3v) is 10.6. The lowest BCUT2D eigenvalue weighted by Gasteiger charge is -2.38. The SMILES string of the molecule is CC(C)[Si](C#CC1CCC(=O)N1)(C(C)C)C(C)C. The molecule has 1 aliphatic rings. The topological polar surface area (TPSA) is 29.1 Å². The molecule has 0 aromatic carbocycles. The number of hydrogen-bond donors (Lipinski definition) is 1. The van der Waals surface area contributed by atoms with E-state index in [-0.39, 0.29) is 11.9 Å². The minimum atomic E-state index is -1.63. The Labute approximate surface area is 113 Å². The molecule has 1 heterocycles. The summed E-state index contributed by atoms with van der Waals surface area (Å²) in [6, 6.07) is 0.0978. The normalized spacial score (nSPS) is 20.3. The van der Waals surface area contributed by atoms with Crippen molar-refractivity contribution in [3.8, 4) is 11.5 Å². The lowest BCUT2D eigenvalue weighted by Crippen LogP contribution is -2.43. The molecule has 1 amide bonds.